The molecule has 3 heterocycles. The second-order valence-electron chi connectivity index (χ2n) is 7.35. The summed E-state index contributed by atoms with van der Waals surface area (Å²) in [5.74, 6) is 0.968. The predicted molar refractivity (Wildman–Crippen MR) is 114 cm³/mol. The van der Waals surface area contributed by atoms with Gasteiger partial charge >= 0.3 is 0 Å². The summed E-state index contributed by atoms with van der Waals surface area (Å²) in [5.41, 5.74) is 3.20. The van der Waals surface area contributed by atoms with E-state index in [0.717, 1.165) is 52.2 Å². The van der Waals surface area contributed by atoms with Gasteiger partial charge in [0, 0.05) is 11.1 Å². The van der Waals surface area contributed by atoms with E-state index in [2.05, 4.69) is 60.8 Å². The van der Waals surface area contributed by atoms with Crippen LogP contribution in [0.2, 0.25) is 0 Å². The third-order valence-corrected chi connectivity index (χ3v) is 6.19. The minimum atomic E-state index is 0.812. The fraction of sp³-hybridized carbons (Fsp3) is 0.273. The Morgan fingerprint density at radius 3 is 2.62 bits per heavy atom. The van der Waals surface area contributed by atoms with Crippen molar-refractivity contribution in [2.45, 2.75) is 36.5 Å². The van der Waals surface area contributed by atoms with Crippen LogP contribution in [0.15, 0.2) is 65.0 Å². The highest BCUT2D eigenvalue weighted by Gasteiger charge is 2.20. The quantitative estimate of drug-likeness (QED) is 0.465. The lowest BCUT2D eigenvalue weighted by molar-refractivity contribution is 0.319. The van der Waals surface area contributed by atoms with Gasteiger partial charge in [-0.15, -0.1) is 10.2 Å². The van der Waals surface area contributed by atoms with Crippen molar-refractivity contribution < 1.29 is 0 Å². The molecular formula is C22H22N6S. The van der Waals surface area contributed by atoms with Crippen molar-refractivity contribution in [3.05, 3.63) is 66.2 Å². The highest BCUT2D eigenvalue weighted by Crippen LogP contribution is 2.32. The lowest BCUT2D eigenvalue weighted by Crippen LogP contribution is -2.21. The average Bonchev–Trinajstić information content (AvgIpc) is 3.40. The predicted octanol–water partition coefficient (Wildman–Crippen LogP) is 4.27. The number of aromatic nitrogens is 5. The molecule has 0 spiro atoms. The number of rotatable bonds is 5. The molecule has 0 radical (unpaired) electrons. The summed E-state index contributed by atoms with van der Waals surface area (Å²) in [5, 5.41) is 11.9. The third kappa shape index (κ3) is 3.75. The Balaban J connectivity index is 1.57. The fourth-order valence-electron chi connectivity index (χ4n) is 3.76. The van der Waals surface area contributed by atoms with E-state index in [1.165, 1.54) is 18.4 Å². The van der Waals surface area contributed by atoms with Crippen molar-refractivity contribution in [1.29, 1.82) is 0 Å². The maximum absolute atomic E-state index is 4.56. The first-order valence-corrected chi connectivity index (χ1v) is 10.7. The Kier molecular flexibility index (Phi) is 4.99. The van der Waals surface area contributed by atoms with Crippen LogP contribution in [-0.4, -0.2) is 42.7 Å². The van der Waals surface area contributed by atoms with Gasteiger partial charge in [0.05, 0.1) is 12.1 Å². The molecule has 0 atom stereocenters. The molecule has 0 N–H and O–H groups in total. The van der Waals surface area contributed by atoms with Gasteiger partial charge < -0.3 is 0 Å². The summed E-state index contributed by atoms with van der Waals surface area (Å²) >= 11 is 1.55. The highest BCUT2D eigenvalue weighted by molar-refractivity contribution is 7.99. The van der Waals surface area contributed by atoms with Crippen LogP contribution < -0.4 is 0 Å². The fourth-order valence-corrected chi connectivity index (χ4v) is 4.69. The van der Waals surface area contributed by atoms with E-state index in [0.29, 0.717) is 0 Å². The van der Waals surface area contributed by atoms with Crippen LogP contribution in [0.25, 0.3) is 16.6 Å². The largest absolute Gasteiger partial charge is 0.296 e. The number of nitrogens with zero attached hydrogens (tertiary/aromatic N) is 6. The summed E-state index contributed by atoms with van der Waals surface area (Å²) in [6, 6.07) is 16.6. The van der Waals surface area contributed by atoms with Gasteiger partial charge in [0.2, 0.25) is 5.16 Å². The molecular weight excluding hydrogens is 380 g/mol. The van der Waals surface area contributed by atoms with Crippen molar-refractivity contribution in [1.82, 2.24) is 29.6 Å². The summed E-state index contributed by atoms with van der Waals surface area (Å²) in [6.45, 7) is 5.15. The maximum Gasteiger partial charge on any atom is 0.202 e. The lowest BCUT2D eigenvalue weighted by atomic mass is 10.2. The van der Waals surface area contributed by atoms with Crippen molar-refractivity contribution in [3.63, 3.8) is 0 Å². The Morgan fingerprint density at radius 1 is 0.966 bits per heavy atom. The van der Waals surface area contributed by atoms with Crippen molar-refractivity contribution >= 4 is 22.7 Å². The minimum absolute atomic E-state index is 0.812. The smallest absolute Gasteiger partial charge is 0.202 e. The molecule has 0 bridgehead atoms. The van der Waals surface area contributed by atoms with Gasteiger partial charge in [-0.25, -0.2) is 9.97 Å². The molecule has 4 aromatic rings. The molecule has 0 amide bonds. The molecule has 6 nitrogen and oxygen atoms in total. The normalized spacial score (nSPS) is 14.7. The first kappa shape index (κ1) is 18.3. The van der Waals surface area contributed by atoms with Gasteiger partial charge in [-0.05, 0) is 68.9 Å². The van der Waals surface area contributed by atoms with Gasteiger partial charge in [0.15, 0.2) is 5.82 Å². The maximum atomic E-state index is 4.56. The van der Waals surface area contributed by atoms with Gasteiger partial charge in [0.25, 0.3) is 0 Å². The second-order valence-corrected chi connectivity index (χ2v) is 8.31. The van der Waals surface area contributed by atoms with Gasteiger partial charge in [-0.1, -0.05) is 29.8 Å². The average molecular weight is 403 g/mol. The molecule has 29 heavy (non-hydrogen) atoms. The molecule has 0 saturated carbocycles. The Hall–Kier alpha value is -2.77. The van der Waals surface area contributed by atoms with Crippen LogP contribution >= 0.6 is 11.8 Å². The summed E-state index contributed by atoms with van der Waals surface area (Å²) < 4.78 is 2.16. The molecule has 2 aromatic carbocycles. The van der Waals surface area contributed by atoms with Crippen LogP contribution in [0.4, 0.5) is 0 Å². The Bertz CT molecular complexity index is 1130. The molecule has 2 aromatic heterocycles. The number of likely N-dealkylation sites (tertiary alicyclic amines) is 1. The number of hydrogen-bond donors (Lipinski definition) is 0. The molecule has 5 rings (SSSR count). The van der Waals surface area contributed by atoms with E-state index in [1.807, 2.05) is 24.3 Å². The van der Waals surface area contributed by atoms with E-state index in [4.69, 9.17) is 0 Å². The lowest BCUT2D eigenvalue weighted by Gasteiger charge is -2.16. The number of para-hydroxylation sites is 1. The number of fused-ring (bicyclic) bond motifs is 1. The molecule has 0 unspecified atom stereocenters. The molecule has 7 heteroatoms. The number of benzene rings is 2. The topological polar surface area (TPSA) is 59.7 Å². The molecule has 1 saturated heterocycles. The van der Waals surface area contributed by atoms with E-state index >= 15 is 0 Å². The van der Waals surface area contributed by atoms with E-state index in [9.17, 15) is 0 Å². The second kappa shape index (κ2) is 7.93. The van der Waals surface area contributed by atoms with Crippen LogP contribution in [0.3, 0.4) is 0 Å². The van der Waals surface area contributed by atoms with E-state index in [1.54, 1.807) is 18.1 Å². The van der Waals surface area contributed by atoms with Gasteiger partial charge in [-0.2, -0.15) is 0 Å². The first-order chi connectivity index (χ1) is 14.3. The highest BCUT2D eigenvalue weighted by atomic mass is 32.2. The van der Waals surface area contributed by atoms with Crippen LogP contribution in [-0.2, 0) is 6.54 Å². The zero-order valence-corrected chi connectivity index (χ0v) is 17.1. The number of hydrogen-bond acceptors (Lipinski definition) is 6. The van der Waals surface area contributed by atoms with Gasteiger partial charge in [0.1, 0.15) is 11.4 Å². The van der Waals surface area contributed by atoms with Crippen LogP contribution in [0.1, 0.15) is 24.2 Å². The summed E-state index contributed by atoms with van der Waals surface area (Å²) in [4.78, 5) is 11.4. The molecule has 1 aliphatic heterocycles. The van der Waals surface area contributed by atoms with Crippen molar-refractivity contribution in [2.24, 2.45) is 0 Å². The van der Waals surface area contributed by atoms with Crippen LogP contribution in [0, 0.1) is 6.92 Å². The Morgan fingerprint density at radius 2 is 1.79 bits per heavy atom. The minimum Gasteiger partial charge on any atom is -0.296 e. The van der Waals surface area contributed by atoms with Crippen LogP contribution in [0.5, 0.6) is 0 Å². The zero-order valence-electron chi connectivity index (χ0n) is 16.3. The van der Waals surface area contributed by atoms with Crippen molar-refractivity contribution in [3.8, 4) is 5.69 Å². The monoisotopic (exact) mass is 402 g/mol. The zero-order chi connectivity index (χ0) is 19.6. The van der Waals surface area contributed by atoms with E-state index < -0.39 is 0 Å². The van der Waals surface area contributed by atoms with Crippen molar-refractivity contribution in [2.75, 3.05) is 13.1 Å². The first-order valence-electron chi connectivity index (χ1n) is 9.89. The Labute approximate surface area is 174 Å². The summed E-state index contributed by atoms with van der Waals surface area (Å²) in [6.07, 6.45) is 4.13. The molecule has 0 aliphatic carbocycles. The van der Waals surface area contributed by atoms with Gasteiger partial charge in [-0.3, -0.25) is 9.47 Å². The third-order valence-electron chi connectivity index (χ3n) is 5.22. The summed E-state index contributed by atoms with van der Waals surface area (Å²) in [7, 11) is 0. The molecule has 1 aliphatic rings. The standard InChI is InChI=1S/C22H22N6S/c1-16-9-10-19-18(13-16)21(24-15-23-19)29-22-26-25-20(14-27-11-5-6-12-27)28(22)17-7-3-2-4-8-17/h2-4,7-10,13,15H,5-6,11-12,14H2,1H3. The number of aryl methyl sites for hydroxylation is 1. The molecule has 1 fully saturated rings. The SMILES string of the molecule is Cc1ccc2ncnc(Sc3nnc(CN4CCCC4)n3-c3ccccc3)c2c1. The molecule has 146 valence electrons. The van der Waals surface area contributed by atoms with E-state index in [-0.39, 0.29) is 0 Å².